The van der Waals surface area contributed by atoms with E-state index in [1.54, 1.807) is 6.07 Å². The highest BCUT2D eigenvalue weighted by Crippen LogP contribution is 2.47. The van der Waals surface area contributed by atoms with Gasteiger partial charge in [-0.25, -0.2) is 13.4 Å². The van der Waals surface area contributed by atoms with Crippen LogP contribution in [0.15, 0.2) is 17.0 Å². The van der Waals surface area contributed by atoms with Gasteiger partial charge in [-0.1, -0.05) is 13.8 Å². The van der Waals surface area contributed by atoms with E-state index in [2.05, 4.69) is 9.97 Å². The fraction of sp³-hybridized carbons (Fsp3) is 0.444. The molecule has 1 saturated carbocycles. The molecule has 0 aliphatic heterocycles. The Balaban J connectivity index is 2.17. The van der Waals surface area contributed by atoms with Crippen molar-refractivity contribution in [1.82, 2.24) is 9.97 Å². The molecule has 0 atom stereocenters. The summed E-state index contributed by atoms with van der Waals surface area (Å²) in [5.41, 5.74) is 13.2. The molecule has 1 aromatic carbocycles. The van der Waals surface area contributed by atoms with Crippen LogP contribution in [0.25, 0.3) is 0 Å². The third-order valence-electron chi connectivity index (χ3n) is 4.43. The lowest BCUT2D eigenvalue weighted by molar-refractivity contribution is 0.397. The Bertz CT molecular complexity index is 985. The monoisotopic (exact) mass is 392 g/mol. The smallest absolute Gasteiger partial charge is 0.222 e. The molecule has 4 N–H and O–H groups in total. The molecule has 27 heavy (non-hydrogen) atoms. The molecular formula is C18H24N4O4S. The average Bonchev–Trinajstić information content (AvgIpc) is 3.40. The van der Waals surface area contributed by atoms with Gasteiger partial charge in [0.1, 0.15) is 16.4 Å². The molecule has 0 saturated heterocycles. The van der Waals surface area contributed by atoms with E-state index in [0.29, 0.717) is 17.2 Å². The highest BCUT2D eigenvalue weighted by Gasteiger charge is 2.31. The molecule has 0 spiro atoms. The topological polar surface area (TPSA) is 130 Å². The van der Waals surface area contributed by atoms with Crippen LogP contribution in [0.5, 0.6) is 17.2 Å². The predicted molar refractivity (Wildman–Crippen MR) is 103 cm³/mol. The van der Waals surface area contributed by atoms with Gasteiger partial charge in [-0.15, -0.1) is 0 Å². The second-order valence-electron chi connectivity index (χ2n) is 7.03. The van der Waals surface area contributed by atoms with E-state index in [9.17, 15) is 8.42 Å². The number of sulfone groups is 1. The van der Waals surface area contributed by atoms with Crippen LogP contribution in [0.1, 0.15) is 49.8 Å². The Hall–Kier alpha value is -2.55. The van der Waals surface area contributed by atoms with Gasteiger partial charge in [-0.05, 0) is 24.8 Å². The minimum Gasteiger partial charge on any atom is -0.495 e. The summed E-state index contributed by atoms with van der Waals surface area (Å²) >= 11 is 0. The second kappa shape index (κ2) is 6.88. The van der Waals surface area contributed by atoms with Crippen molar-refractivity contribution in [3.8, 4) is 17.2 Å². The number of anilines is 2. The summed E-state index contributed by atoms with van der Waals surface area (Å²) in [4.78, 5) is 8.34. The molecule has 8 nitrogen and oxygen atoms in total. The van der Waals surface area contributed by atoms with Crippen molar-refractivity contribution in [3.63, 3.8) is 0 Å². The number of aromatic nitrogens is 2. The summed E-state index contributed by atoms with van der Waals surface area (Å²) in [5.74, 6) is 1.50. The number of nitrogen functional groups attached to an aromatic ring is 2. The lowest BCUT2D eigenvalue weighted by atomic mass is 10.0. The van der Waals surface area contributed by atoms with Crippen LogP contribution in [0.3, 0.4) is 0 Å². The number of nitrogens with two attached hydrogens (primary N) is 2. The fourth-order valence-electron chi connectivity index (χ4n) is 2.90. The normalized spacial score (nSPS) is 14.4. The highest BCUT2D eigenvalue weighted by molar-refractivity contribution is 7.90. The third kappa shape index (κ3) is 3.92. The van der Waals surface area contributed by atoms with Crippen molar-refractivity contribution in [2.45, 2.75) is 43.4 Å². The zero-order valence-corrected chi connectivity index (χ0v) is 16.6. The van der Waals surface area contributed by atoms with Crippen LogP contribution in [0.2, 0.25) is 0 Å². The minimum atomic E-state index is -3.52. The number of benzene rings is 1. The second-order valence-corrected chi connectivity index (χ2v) is 9.01. The van der Waals surface area contributed by atoms with E-state index in [1.807, 2.05) is 13.8 Å². The Morgan fingerprint density at radius 1 is 1.15 bits per heavy atom. The van der Waals surface area contributed by atoms with Crippen molar-refractivity contribution in [1.29, 1.82) is 0 Å². The van der Waals surface area contributed by atoms with Gasteiger partial charge in [-0.2, -0.15) is 4.98 Å². The quantitative estimate of drug-likeness (QED) is 0.767. The fourth-order valence-corrected chi connectivity index (χ4v) is 3.73. The van der Waals surface area contributed by atoms with E-state index in [0.717, 1.165) is 24.7 Å². The van der Waals surface area contributed by atoms with Gasteiger partial charge in [-0.3, -0.25) is 0 Å². The maximum absolute atomic E-state index is 12.2. The van der Waals surface area contributed by atoms with Gasteiger partial charge in [0.2, 0.25) is 5.95 Å². The van der Waals surface area contributed by atoms with Gasteiger partial charge < -0.3 is 20.9 Å². The van der Waals surface area contributed by atoms with Gasteiger partial charge in [0.15, 0.2) is 21.4 Å². The van der Waals surface area contributed by atoms with E-state index < -0.39 is 9.84 Å². The molecule has 0 bridgehead atoms. The molecule has 146 valence electrons. The van der Waals surface area contributed by atoms with E-state index in [1.165, 1.54) is 13.2 Å². The summed E-state index contributed by atoms with van der Waals surface area (Å²) < 4.78 is 35.8. The highest BCUT2D eigenvalue weighted by atomic mass is 32.2. The van der Waals surface area contributed by atoms with Crippen LogP contribution in [0.4, 0.5) is 11.8 Å². The zero-order valence-electron chi connectivity index (χ0n) is 15.8. The predicted octanol–water partition coefficient (Wildman–Crippen LogP) is 2.85. The Morgan fingerprint density at radius 3 is 2.33 bits per heavy atom. The Labute approximate surface area is 158 Å². The molecular weight excluding hydrogens is 368 g/mol. The molecule has 0 radical (unpaired) electrons. The molecule has 1 aromatic heterocycles. The minimum absolute atomic E-state index is 0.0484. The Morgan fingerprint density at radius 2 is 1.81 bits per heavy atom. The van der Waals surface area contributed by atoms with Gasteiger partial charge in [0, 0.05) is 23.8 Å². The first-order valence-corrected chi connectivity index (χ1v) is 10.5. The molecule has 1 heterocycles. The van der Waals surface area contributed by atoms with E-state index in [4.69, 9.17) is 20.9 Å². The summed E-state index contributed by atoms with van der Waals surface area (Å²) in [5, 5.41) is 0. The summed E-state index contributed by atoms with van der Waals surface area (Å²) in [7, 11) is -2.09. The molecule has 1 aliphatic carbocycles. The molecule has 9 heteroatoms. The number of ether oxygens (including phenoxy) is 2. The van der Waals surface area contributed by atoms with Crippen LogP contribution in [0, 0.1) is 0 Å². The van der Waals surface area contributed by atoms with Crippen molar-refractivity contribution < 1.29 is 17.9 Å². The molecule has 3 rings (SSSR count). The SMILES string of the molecule is COc1cc(C(C)C)c(Oc2c(N)nc(N)nc2C2CC2)cc1S(C)(=O)=O. The number of rotatable bonds is 6. The Kier molecular flexibility index (Phi) is 4.90. The summed E-state index contributed by atoms with van der Waals surface area (Å²) in [6.45, 7) is 3.96. The lowest BCUT2D eigenvalue weighted by Gasteiger charge is -2.19. The summed E-state index contributed by atoms with van der Waals surface area (Å²) in [6.07, 6.45) is 3.07. The first kappa shape index (κ1) is 19.2. The van der Waals surface area contributed by atoms with Crippen LogP contribution < -0.4 is 20.9 Å². The van der Waals surface area contributed by atoms with Crippen LogP contribution in [-0.4, -0.2) is 31.8 Å². The van der Waals surface area contributed by atoms with Crippen molar-refractivity contribution in [2.75, 3.05) is 24.8 Å². The lowest BCUT2D eigenvalue weighted by Crippen LogP contribution is -2.08. The third-order valence-corrected chi connectivity index (χ3v) is 5.55. The average molecular weight is 392 g/mol. The molecule has 0 unspecified atom stereocenters. The number of nitrogens with zero attached hydrogens (tertiary/aromatic N) is 2. The zero-order chi connectivity index (χ0) is 19.9. The number of hydrogen-bond acceptors (Lipinski definition) is 8. The van der Waals surface area contributed by atoms with Crippen molar-refractivity contribution in [2.24, 2.45) is 0 Å². The molecule has 0 amide bonds. The summed E-state index contributed by atoms with van der Waals surface area (Å²) in [6, 6.07) is 3.15. The van der Waals surface area contributed by atoms with Gasteiger partial charge >= 0.3 is 0 Å². The molecule has 2 aromatic rings. The van der Waals surface area contributed by atoms with E-state index in [-0.39, 0.29) is 34.2 Å². The van der Waals surface area contributed by atoms with Gasteiger partial charge in [0.05, 0.1) is 12.8 Å². The first-order valence-electron chi connectivity index (χ1n) is 8.64. The number of methoxy groups -OCH3 is 1. The molecule has 1 aliphatic rings. The largest absolute Gasteiger partial charge is 0.495 e. The maximum Gasteiger partial charge on any atom is 0.222 e. The standard InChI is InChI=1S/C18H24N4O4S/c1-9(2)11-7-13(25-3)14(27(4,23)24)8-12(11)26-16-15(10-5-6-10)21-18(20)22-17(16)19/h7-10H,5-6H2,1-4H3,(H4,19,20,21,22). The maximum atomic E-state index is 12.2. The van der Waals surface area contributed by atoms with E-state index >= 15 is 0 Å². The molecule has 1 fully saturated rings. The van der Waals surface area contributed by atoms with Crippen molar-refractivity contribution in [3.05, 3.63) is 23.4 Å². The number of hydrogen-bond donors (Lipinski definition) is 2. The van der Waals surface area contributed by atoms with Crippen molar-refractivity contribution >= 4 is 21.6 Å². The van der Waals surface area contributed by atoms with Crippen LogP contribution in [-0.2, 0) is 9.84 Å². The van der Waals surface area contributed by atoms with Crippen LogP contribution >= 0.6 is 0 Å². The van der Waals surface area contributed by atoms with Gasteiger partial charge in [0.25, 0.3) is 0 Å². The first-order chi connectivity index (χ1) is 12.6.